The van der Waals surface area contributed by atoms with Crippen molar-refractivity contribution in [3.05, 3.63) is 89.5 Å². The number of nitrogens with zero attached hydrogens (tertiary/aromatic N) is 5. The molecule has 5 aromatic rings. The summed E-state index contributed by atoms with van der Waals surface area (Å²) < 4.78 is 7.75. The lowest BCUT2D eigenvalue weighted by molar-refractivity contribution is 0.0391. The standard InChI is InChI=1S/C30H29N5O/c1-22-19-29(35-28-12-5-4-11-27(28)32-30(35)26(22)20-31)34(14-13-33-15-17-36-18-16-33)21-24-9-6-8-23-7-2-3-10-25(23)24/h2-12,19H,13-18,21H2,1H3. The van der Waals surface area contributed by atoms with Crippen LogP contribution < -0.4 is 4.90 Å². The van der Waals surface area contributed by atoms with Crippen LogP contribution in [0.4, 0.5) is 5.82 Å². The fourth-order valence-corrected chi connectivity index (χ4v) is 5.30. The smallest absolute Gasteiger partial charge is 0.157 e. The Bertz CT molecular complexity index is 1590. The molecule has 3 aromatic carbocycles. The predicted molar refractivity (Wildman–Crippen MR) is 144 cm³/mol. The Labute approximate surface area is 210 Å². The van der Waals surface area contributed by atoms with E-state index in [1.54, 1.807) is 0 Å². The predicted octanol–water partition coefficient (Wildman–Crippen LogP) is 5.16. The highest BCUT2D eigenvalue weighted by molar-refractivity contribution is 5.87. The van der Waals surface area contributed by atoms with Crippen molar-refractivity contribution in [2.45, 2.75) is 13.5 Å². The van der Waals surface area contributed by atoms with Gasteiger partial charge in [0.2, 0.25) is 0 Å². The van der Waals surface area contributed by atoms with Crippen molar-refractivity contribution in [2.75, 3.05) is 44.3 Å². The fraction of sp³-hybridized carbons (Fsp3) is 0.267. The van der Waals surface area contributed by atoms with Crippen LogP contribution in [0.2, 0.25) is 0 Å². The number of morpholine rings is 1. The minimum atomic E-state index is 0.633. The zero-order valence-corrected chi connectivity index (χ0v) is 20.5. The van der Waals surface area contributed by atoms with E-state index in [-0.39, 0.29) is 0 Å². The molecule has 0 N–H and O–H groups in total. The topological polar surface area (TPSA) is 56.8 Å². The molecule has 0 spiro atoms. The Kier molecular flexibility index (Phi) is 6.02. The number of imidazole rings is 1. The van der Waals surface area contributed by atoms with Gasteiger partial charge in [0.1, 0.15) is 11.9 Å². The Morgan fingerprint density at radius 3 is 2.64 bits per heavy atom. The van der Waals surface area contributed by atoms with E-state index in [1.807, 2.05) is 25.1 Å². The average molecular weight is 476 g/mol. The number of anilines is 1. The first-order chi connectivity index (χ1) is 17.7. The number of pyridine rings is 1. The number of hydrogen-bond acceptors (Lipinski definition) is 5. The number of hydrogen-bond donors (Lipinski definition) is 0. The summed E-state index contributed by atoms with van der Waals surface area (Å²) in [6, 6.07) is 27.8. The van der Waals surface area contributed by atoms with Crippen molar-refractivity contribution < 1.29 is 4.74 Å². The molecule has 3 heterocycles. The molecular weight excluding hydrogens is 446 g/mol. The van der Waals surface area contributed by atoms with E-state index in [1.165, 1.54) is 16.3 Å². The molecule has 0 bridgehead atoms. The highest BCUT2D eigenvalue weighted by atomic mass is 16.5. The van der Waals surface area contributed by atoms with E-state index in [0.717, 1.165) is 74.0 Å². The SMILES string of the molecule is Cc1cc(N(CCN2CCOCC2)Cc2cccc3ccccc23)n2c(nc3ccccc32)c1C#N. The van der Waals surface area contributed by atoms with Crippen molar-refractivity contribution in [3.8, 4) is 6.07 Å². The first kappa shape index (κ1) is 22.5. The normalized spacial score (nSPS) is 14.4. The van der Waals surface area contributed by atoms with Gasteiger partial charge in [0.05, 0.1) is 29.8 Å². The van der Waals surface area contributed by atoms with Gasteiger partial charge in [0, 0.05) is 32.7 Å². The maximum Gasteiger partial charge on any atom is 0.157 e. The molecule has 36 heavy (non-hydrogen) atoms. The number of fused-ring (bicyclic) bond motifs is 4. The van der Waals surface area contributed by atoms with Crippen LogP contribution in [-0.4, -0.2) is 53.7 Å². The van der Waals surface area contributed by atoms with Gasteiger partial charge in [-0.2, -0.15) is 5.26 Å². The Morgan fingerprint density at radius 1 is 1.00 bits per heavy atom. The molecule has 0 radical (unpaired) electrons. The Hall–Kier alpha value is -3.92. The van der Waals surface area contributed by atoms with Crippen LogP contribution in [0.5, 0.6) is 0 Å². The fourth-order valence-electron chi connectivity index (χ4n) is 5.30. The average Bonchev–Trinajstić information content (AvgIpc) is 3.31. The van der Waals surface area contributed by atoms with Crippen molar-refractivity contribution in [3.63, 3.8) is 0 Å². The van der Waals surface area contributed by atoms with Crippen LogP contribution in [0.3, 0.4) is 0 Å². The van der Waals surface area contributed by atoms with Gasteiger partial charge in [-0.1, -0.05) is 54.6 Å². The van der Waals surface area contributed by atoms with Gasteiger partial charge in [-0.15, -0.1) is 0 Å². The molecule has 6 heteroatoms. The lowest BCUT2D eigenvalue weighted by atomic mass is 10.0. The lowest BCUT2D eigenvalue weighted by Crippen LogP contribution is -2.41. The van der Waals surface area contributed by atoms with E-state index < -0.39 is 0 Å². The third-order valence-corrected chi connectivity index (χ3v) is 7.22. The molecule has 2 aromatic heterocycles. The molecule has 180 valence electrons. The van der Waals surface area contributed by atoms with E-state index >= 15 is 0 Å². The molecule has 1 fully saturated rings. The maximum atomic E-state index is 9.96. The molecule has 1 aliphatic rings. The number of aryl methyl sites for hydroxylation is 1. The molecule has 0 atom stereocenters. The second kappa shape index (κ2) is 9.62. The summed E-state index contributed by atoms with van der Waals surface area (Å²) in [5.74, 6) is 1.07. The molecule has 6 nitrogen and oxygen atoms in total. The molecule has 1 aliphatic heterocycles. The van der Waals surface area contributed by atoms with Crippen LogP contribution in [0.15, 0.2) is 72.8 Å². The van der Waals surface area contributed by atoms with Gasteiger partial charge in [-0.25, -0.2) is 4.98 Å². The lowest BCUT2D eigenvalue weighted by Gasteiger charge is -2.32. The van der Waals surface area contributed by atoms with Gasteiger partial charge >= 0.3 is 0 Å². The third-order valence-electron chi connectivity index (χ3n) is 7.22. The Balaban J connectivity index is 1.50. The minimum absolute atomic E-state index is 0.633. The largest absolute Gasteiger partial charge is 0.379 e. The first-order valence-electron chi connectivity index (χ1n) is 12.6. The van der Waals surface area contributed by atoms with E-state index in [4.69, 9.17) is 9.72 Å². The van der Waals surface area contributed by atoms with E-state index in [9.17, 15) is 5.26 Å². The highest BCUT2D eigenvalue weighted by Crippen LogP contribution is 2.30. The molecule has 0 unspecified atom stereocenters. The highest BCUT2D eigenvalue weighted by Gasteiger charge is 2.21. The molecular formula is C30H29N5O. The van der Waals surface area contributed by atoms with Crippen LogP contribution in [0.25, 0.3) is 27.5 Å². The summed E-state index contributed by atoms with van der Waals surface area (Å²) in [5.41, 5.74) is 5.52. The van der Waals surface area contributed by atoms with Crippen LogP contribution in [-0.2, 0) is 11.3 Å². The summed E-state index contributed by atoms with van der Waals surface area (Å²) in [4.78, 5) is 9.81. The van der Waals surface area contributed by atoms with Crippen LogP contribution >= 0.6 is 0 Å². The van der Waals surface area contributed by atoms with Gasteiger partial charge < -0.3 is 9.64 Å². The molecule has 1 saturated heterocycles. The summed E-state index contributed by atoms with van der Waals surface area (Å²) in [5, 5.41) is 12.5. The van der Waals surface area contributed by atoms with Crippen LogP contribution in [0, 0.1) is 18.3 Å². The zero-order valence-electron chi connectivity index (χ0n) is 20.5. The second-order valence-electron chi connectivity index (χ2n) is 9.45. The molecule has 0 aliphatic carbocycles. The van der Waals surface area contributed by atoms with Gasteiger partial charge in [-0.3, -0.25) is 9.30 Å². The third kappa shape index (κ3) is 4.07. The van der Waals surface area contributed by atoms with Crippen molar-refractivity contribution >= 4 is 33.3 Å². The molecule has 0 amide bonds. The summed E-state index contributed by atoms with van der Waals surface area (Å²) >= 11 is 0. The Morgan fingerprint density at radius 2 is 1.78 bits per heavy atom. The molecule has 0 saturated carbocycles. The van der Waals surface area contributed by atoms with Gasteiger partial charge in [0.25, 0.3) is 0 Å². The van der Waals surface area contributed by atoms with Gasteiger partial charge in [0.15, 0.2) is 5.65 Å². The van der Waals surface area contributed by atoms with Crippen LogP contribution in [0.1, 0.15) is 16.7 Å². The monoisotopic (exact) mass is 475 g/mol. The number of para-hydroxylation sites is 2. The second-order valence-corrected chi connectivity index (χ2v) is 9.45. The van der Waals surface area contributed by atoms with Crippen molar-refractivity contribution in [1.29, 1.82) is 5.26 Å². The van der Waals surface area contributed by atoms with E-state index in [0.29, 0.717) is 5.56 Å². The minimum Gasteiger partial charge on any atom is -0.379 e. The number of rotatable bonds is 6. The first-order valence-corrected chi connectivity index (χ1v) is 12.6. The zero-order chi connectivity index (χ0) is 24.5. The van der Waals surface area contributed by atoms with Gasteiger partial charge in [-0.05, 0) is 47.0 Å². The summed E-state index contributed by atoms with van der Waals surface area (Å²) in [7, 11) is 0. The number of nitriles is 1. The summed E-state index contributed by atoms with van der Waals surface area (Å²) in [6.45, 7) is 8.07. The maximum absolute atomic E-state index is 9.96. The van der Waals surface area contributed by atoms with E-state index in [2.05, 4.69) is 74.9 Å². The summed E-state index contributed by atoms with van der Waals surface area (Å²) in [6.07, 6.45) is 0. The number of ether oxygens (including phenoxy) is 1. The van der Waals surface area contributed by atoms with Crippen molar-refractivity contribution in [1.82, 2.24) is 14.3 Å². The number of benzene rings is 3. The quantitative estimate of drug-likeness (QED) is 0.340. The van der Waals surface area contributed by atoms with Crippen molar-refractivity contribution in [2.24, 2.45) is 0 Å². The number of aromatic nitrogens is 2. The molecule has 6 rings (SSSR count).